The molecule has 0 aliphatic heterocycles. The van der Waals surface area contributed by atoms with Crippen LogP contribution >= 0.6 is 0 Å². The van der Waals surface area contributed by atoms with Gasteiger partial charge in [-0.15, -0.1) is 0 Å². The summed E-state index contributed by atoms with van der Waals surface area (Å²) in [5.41, 5.74) is 1.70. The number of hydrogen-bond acceptors (Lipinski definition) is 3. The van der Waals surface area contributed by atoms with Gasteiger partial charge in [-0.3, -0.25) is 4.79 Å². The van der Waals surface area contributed by atoms with E-state index in [2.05, 4.69) is 0 Å². The van der Waals surface area contributed by atoms with Crippen molar-refractivity contribution < 1.29 is 9.84 Å². The zero-order valence-corrected chi connectivity index (χ0v) is 10.9. The number of aryl methyl sites for hydroxylation is 1. The second-order valence-electron chi connectivity index (χ2n) is 4.30. The molecule has 0 aliphatic carbocycles. The summed E-state index contributed by atoms with van der Waals surface area (Å²) in [6.45, 7) is 2.76. The van der Waals surface area contributed by atoms with Crippen molar-refractivity contribution in [1.82, 2.24) is 4.57 Å². The fourth-order valence-electron chi connectivity index (χ4n) is 1.94. The molecule has 4 heteroatoms. The highest BCUT2D eigenvalue weighted by molar-refractivity contribution is 5.40. The molecule has 0 radical (unpaired) electrons. The number of aliphatic hydroxyl groups is 1. The lowest BCUT2D eigenvalue weighted by atomic mass is 10.1. The molecule has 1 aromatic carbocycles. The van der Waals surface area contributed by atoms with E-state index in [9.17, 15) is 9.90 Å². The number of hydrogen-bond donors (Lipinski definition) is 1. The van der Waals surface area contributed by atoms with Crippen molar-refractivity contribution in [3.63, 3.8) is 0 Å². The van der Waals surface area contributed by atoms with Gasteiger partial charge in [0, 0.05) is 17.8 Å². The zero-order chi connectivity index (χ0) is 13.7. The Morgan fingerprint density at radius 3 is 2.79 bits per heavy atom. The van der Waals surface area contributed by atoms with Crippen LogP contribution in [0.4, 0.5) is 0 Å². The summed E-state index contributed by atoms with van der Waals surface area (Å²) >= 11 is 0. The van der Waals surface area contributed by atoms with E-state index < -0.39 is 0 Å². The van der Waals surface area contributed by atoms with Gasteiger partial charge in [-0.2, -0.15) is 0 Å². The number of aromatic nitrogens is 1. The zero-order valence-electron chi connectivity index (χ0n) is 10.9. The summed E-state index contributed by atoms with van der Waals surface area (Å²) in [7, 11) is 0. The SMILES string of the molecule is Cc1cccc(CO)c1OCCn1ccccc1=O. The maximum Gasteiger partial charge on any atom is 0.250 e. The van der Waals surface area contributed by atoms with Gasteiger partial charge >= 0.3 is 0 Å². The van der Waals surface area contributed by atoms with Crippen LogP contribution in [0.25, 0.3) is 0 Å². The predicted molar refractivity (Wildman–Crippen MR) is 73.3 cm³/mol. The molecule has 19 heavy (non-hydrogen) atoms. The number of ether oxygens (including phenoxy) is 1. The average Bonchev–Trinajstić information content (AvgIpc) is 2.42. The van der Waals surface area contributed by atoms with E-state index in [0.29, 0.717) is 18.9 Å². The van der Waals surface area contributed by atoms with Gasteiger partial charge in [0.25, 0.3) is 5.56 Å². The average molecular weight is 259 g/mol. The molecule has 0 bridgehead atoms. The van der Waals surface area contributed by atoms with Gasteiger partial charge in [-0.05, 0) is 18.6 Å². The van der Waals surface area contributed by atoms with Crippen LogP contribution in [0.1, 0.15) is 11.1 Å². The van der Waals surface area contributed by atoms with Crippen LogP contribution in [-0.4, -0.2) is 16.3 Å². The first-order valence-corrected chi connectivity index (χ1v) is 6.20. The first kappa shape index (κ1) is 13.4. The van der Waals surface area contributed by atoms with Crippen LogP contribution in [0, 0.1) is 6.92 Å². The number of rotatable bonds is 5. The Hall–Kier alpha value is -2.07. The van der Waals surface area contributed by atoms with Crippen LogP contribution in [0.2, 0.25) is 0 Å². The van der Waals surface area contributed by atoms with E-state index in [-0.39, 0.29) is 12.2 Å². The topological polar surface area (TPSA) is 51.5 Å². The number of aliphatic hydroxyl groups excluding tert-OH is 1. The molecule has 0 saturated heterocycles. The Morgan fingerprint density at radius 1 is 1.21 bits per heavy atom. The maximum atomic E-state index is 11.5. The van der Waals surface area contributed by atoms with Gasteiger partial charge in [0.05, 0.1) is 13.2 Å². The standard InChI is InChI=1S/C15H17NO3/c1-12-5-4-6-13(11-17)15(12)19-10-9-16-8-3-2-7-14(16)18/h2-8,17H,9-11H2,1H3. The normalized spacial score (nSPS) is 10.4. The van der Waals surface area contributed by atoms with Crippen molar-refractivity contribution >= 4 is 0 Å². The first-order valence-electron chi connectivity index (χ1n) is 6.20. The molecular weight excluding hydrogens is 242 g/mol. The summed E-state index contributed by atoms with van der Waals surface area (Å²) in [6, 6.07) is 10.7. The Kier molecular flexibility index (Phi) is 4.36. The summed E-state index contributed by atoms with van der Waals surface area (Å²) in [4.78, 5) is 11.5. The van der Waals surface area contributed by atoms with Crippen LogP contribution < -0.4 is 10.3 Å². The van der Waals surface area contributed by atoms with Crippen LogP contribution in [-0.2, 0) is 13.2 Å². The Labute approximate surface area is 111 Å². The highest BCUT2D eigenvalue weighted by atomic mass is 16.5. The van der Waals surface area contributed by atoms with Gasteiger partial charge in [0.1, 0.15) is 12.4 Å². The summed E-state index contributed by atoms with van der Waals surface area (Å²) in [6.07, 6.45) is 1.73. The van der Waals surface area contributed by atoms with Crippen molar-refractivity contribution in [3.8, 4) is 5.75 Å². The van der Waals surface area contributed by atoms with Gasteiger partial charge in [-0.25, -0.2) is 0 Å². The van der Waals surface area contributed by atoms with E-state index in [1.807, 2.05) is 31.2 Å². The molecule has 2 rings (SSSR count). The van der Waals surface area contributed by atoms with E-state index in [0.717, 1.165) is 11.1 Å². The maximum absolute atomic E-state index is 11.5. The quantitative estimate of drug-likeness (QED) is 0.889. The van der Waals surface area contributed by atoms with Gasteiger partial charge in [-0.1, -0.05) is 24.3 Å². The highest BCUT2D eigenvalue weighted by Crippen LogP contribution is 2.23. The molecule has 1 N–H and O–H groups in total. The smallest absolute Gasteiger partial charge is 0.250 e. The van der Waals surface area contributed by atoms with E-state index in [1.54, 1.807) is 16.8 Å². The second-order valence-corrected chi connectivity index (χ2v) is 4.30. The van der Waals surface area contributed by atoms with E-state index >= 15 is 0 Å². The van der Waals surface area contributed by atoms with Gasteiger partial charge < -0.3 is 14.4 Å². The van der Waals surface area contributed by atoms with Gasteiger partial charge in [0.15, 0.2) is 0 Å². The molecule has 1 aromatic heterocycles. The number of benzene rings is 1. The van der Waals surface area contributed by atoms with Crippen molar-refractivity contribution in [1.29, 1.82) is 0 Å². The first-order chi connectivity index (χ1) is 9.22. The van der Waals surface area contributed by atoms with Crippen LogP contribution in [0.15, 0.2) is 47.4 Å². The molecule has 0 spiro atoms. The molecule has 4 nitrogen and oxygen atoms in total. The minimum atomic E-state index is -0.0533. The third kappa shape index (κ3) is 3.23. The Balaban J connectivity index is 2.04. The van der Waals surface area contributed by atoms with E-state index in [4.69, 9.17) is 4.74 Å². The minimum absolute atomic E-state index is 0.0433. The lowest BCUT2D eigenvalue weighted by Gasteiger charge is -2.13. The molecule has 100 valence electrons. The molecule has 0 unspecified atom stereocenters. The molecular formula is C15H17NO3. The number of nitrogens with zero attached hydrogens (tertiary/aromatic N) is 1. The summed E-state index contributed by atoms with van der Waals surface area (Å²) < 4.78 is 7.29. The van der Waals surface area contributed by atoms with Crippen molar-refractivity contribution in [2.75, 3.05) is 6.61 Å². The van der Waals surface area contributed by atoms with Crippen molar-refractivity contribution in [2.24, 2.45) is 0 Å². The fourth-order valence-corrected chi connectivity index (χ4v) is 1.94. The highest BCUT2D eigenvalue weighted by Gasteiger charge is 2.06. The third-order valence-corrected chi connectivity index (χ3v) is 2.94. The molecule has 2 aromatic rings. The number of pyridine rings is 1. The Morgan fingerprint density at radius 2 is 2.05 bits per heavy atom. The van der Waals surface area contributed by atoms with E-state index in [1.165, 1.54) is 6.07 Å². The second kappa shape index (κ2) is 6.20. The predicted octanol–water partition coefficient (Wildman–Crippen LogP) is 1.73. The monoisotopic (exact) mass is 259 g/mol. The lowest BCUT2D eigenvalue weighted by Crippen LogP contribution is -2.21. The molecule has 0 amide bonds. The third-order valence-electron chi connectivity index (χ3n) is 2.94. The number of para-hydroxylation sites is 1. The van der Waals surface area contributed by atoms with Crippen LogP contribution in [0.3, 0.4) is 0 Å². The van der Waals surface area contributed by atoms with Crippen LogP contribution in [0.5, 0.6) is 5.75 Å². The largest absolute Gasteiger partial charge is 0.491 e. The lowest BCUT2D eigenvalue weighted by molar-refractivity contribution is 0.256. The molecule has 0 fully saturated rings. The van der Waals surface area contributed by atoms with Crippen molar-refractivity contribution in [2.45, 2.75) is 20.1 Å². The molecule has 0 aliphatic rings. The minimum Gasteiger partial charge on any atom is -0.491 e. The van der Waals surface area contributed by atoms with Crippen molar-refractivity contribution in [3.05, 3.63) is 64.1 Å². The Bertz CT molecular complexity index is 604. The molecule has 0 saturated carbocycles. The summed E-state index contributed by atoms with van der Waals surface area (Å²) in [5.74, 6) is 0.703. The molecule has 1 heterocycles. The fraction of sp³-hybridized carbons (Fsp3) is 0.267. The molecule has 0 atom stereocenters. The summed E-state index contributed by atoms with van der Waals surface area (Å²) in [5, 5.41) is 9.27. The van der Waals surface area contributed by atoms with Gasteiger partial charge in [0.2, 0.25) is 0 Å².